The van der Waals surface area contributed by atoms with Crippen LogP contribution in [-0.2, 0) is 6.54 Å². The third kappa shape index (κ3) is 5.77. The first-order valence-electron chi connectivity index (χ1n) is 6.82. The molecule has 0 saturated carbocycles. The summed E-state index contributed by atoms with van der Waals surface area (Å²) in [7, 11) is 0. The van der Waals surface area contributed by atoms with Crippen molar-refractivity contribution < 1.29 is 13.2 Å². The molecule has 0 saturated heterocycles. The van der Waals surface area contributed by atoms with Crippen LogP contribution in [0.4, 0.5) is 19.0 Å². The number of alkyl halides is 3. The smallest absolute Gasteiger partial charge is 0.370 e. The van der Waals surface area contributed by atoms with E-state index in [0.717, 1.165) is 18.5 Å². The lowest BCUT2D eigenvalue weighted by atomic mass is 10.2. The van der Waals surface area contributed by atoms with E-state index >= 15 is 0 Å². The van der Waals surface area contributed by atoms with Gasteiger partial charge in [0.2, 0.25) is 0 Å². The highest BCUT2D eigenvalue weighted by atomic mass is 19.4. The van der Waals surface area contributed by atoms with Gasteiger partial charge in [0.25, 0.3) is 0 Å². The fraction of sp³-hybridized carbons (Fsp3) is 0.643. The number of halogens is 3. The van der Waals surface area contributed by atoms with Gasteiger partial charge in [0.1, 0.15) is 5.82 Å². The molecule has 0 amide bonds. The zero-order chi connectivity index (χ0) is 15.2. The maximum absolute atomic E-state index is 12.6. The standard InChI is InChI=1S/C14H22F3N3/c1-4-7-18-13-12(6-5-8-19-13)9-20(11(2)3)10-14(15,16)17/h5-6,8,11H,4,7,9-10H2,1-3H3,(H,18,19). The number of nitrogens with one attached hydrogen (secondary N) is 1. The maximum atomic E-state index is 12.6. The van der Waals surface area contributed by atoms with E-state index in [1.165, 1.54) is 4.90 Å². The van der Waals surface area contributed by atoms with Crippen LogP contribution in [0.25, 0.3) is 0 Å². The van der Waals surface area contributed by atoms with Gasteiger partial charge in [-0.05, 0) is 26.3 Å². The Morgan fingerprint density at radius 3 is 2.60 bits per heavy atom. The molecule has 0 radical (unpaired) electrons. The van der Waals surface area contributed by atoms with Crippen LogP contribution < -0.4 is 5.32 Å². The van der Waals surface area contributed by atoms with Gasteiger partial charge in [-0.25, -0.2) is 4.98 Å². The predicted molar refractivity (Wildman–Crippen MR) is 74.6 cm³/mol. The Kier molecular flexibility index (Phi) is 6.26. The summed E-state index contributed by atoms with van der Waals surface area (Å²) in [6.45, 7) is 5.64. The minimum absolute atomic E-state index is 0.184. The number of nitrogens with zero attached hydrogens (tertiary/aromatic N) is 2. The Labute approximate surface area is 118 Å². The molecule has 1 heterocycles. The van der Waals surface area contributed by atoms with Gasteiger partial charge in [-0.2, -0.15) is 13.2 Å². The van der Waals surface area contributed by atoms with Crippen LogP contribution in [0.5, 0.6) is 0 Å². The van der Waals surface area contributed by atoms with Gasteiger partial charge in [-0.15, -0.1) is 0 Å². The third-order valence-corrected chi connectivity index (χ3v) is 2.92. The van der Waals surface area contributed by atoms with Crippen molar-refractivity contribution in [2.45, 2.75) is 46.0 Å². The molecule has 114 valence electrons. The average Bonchev–Trinajstić information content (AvgIpc) is 2.35. The highest BCUT2D eigenvalue weighted by Gasteiger charge is 2.32. The largest absolute Gasteiger partial charge is 0.401 e. The van der Waals surface area contributed by atoms with Crippen LogP contribution >= 0.6 is 0 Å². The summed E-state index contributed by atoms with van der Waals surface area (Å²) in [5, 5.41) is 3.15. The number of hydrogen-bond acceptors (Lipinski definition) is 3. The normalized spacial score (nSPS) is 12.2. The highest BCUT2D eigenvalue weighted by Crippen LogP contribution is 2.22. The third-order valence-electron chi connectivity index (χ3n) is 2.92. The summed E-state index contributed by atoms with van der Waals surface area (Å²) in [6.07, 6.45) is -1.61. The average molecular weight is 289 g/mol. The second kappa shape index (κ2) is 7.47. The molecule has 1 aromatic heterocycles. The summed E-state index contributed by atoms with van der Waals surface area (Å²) >= 11 is 0. The van der Waals surface area contributed by atoms with Crippen molar-refractivity contribution in [1.29, 1.82) is 0 Å². The molecular weight excluding hydrogens is 267 g/mol. The zero-order valence-electron chi connectivity index (χ0n) is 12.2. The van der Waals surface area contributed by atoms with Crippen molar-refractivity contribution in [2.75, 3.05) is 18.4 Å². The van der Waals surface area contributed by atoms with Gasteiger partial charge in [0.15, 0.2) is 0 Å². The lowest BCUT2D eigenvalue weighted by Gasteiger charge is -2.28. The topological polar surface area (TPSA) is 28.2 Å². The van der Waals surface area contributed by atoms with Crippen LogP contribution in [0, 0.1) is 0 Å². The van der Waals surface area contributed by atoms with E-state index in [1.807, 2.05) is 13.0 Å². The molecule has 1 N–H and O–H groups in total. The summed E-state index contributed by atoms with van der Waals surface area (Å²) in [4.78, 5) is 5.60. The molecule has 0 bridgehead atoms. The van der Waals surface area contributed by atoms with Crippen molar-refractivity contribution in [3.63, 3.8) is 0 Å². The van der Waals surface area contributed by atoms with Crippen LogP contribution in [0.15, 0.2) is 18.3 Å². The SMILES string of the molecule is CCCNc1ncccc1CN(CC(F)(F)F)C(C)C. The minimum atomic E-state index is -4.19. The van der Waals surface area contributed by atoms with Crippen molar-refractivity contribution in [1.82, 2.24) is 9.88 Å². The molecule has 0 unspecified atom stereocenters. The van der Waals surface area contributed by atoms with Crippen LogP contribution in [-0.4, -0.2) is 35.2 Å². The molecule has 1 aromatic rings. The first-order chi connectivity index (χ1) is 9.33. The fourth-order valence-corrected chi connectivity index (χ4v) is 1.84. The molecule has 0 aliphatic heterocycles. The monoisotopic (exact) mass is 289 g/mol. The van der Waals surface area contributed by atoms with Gasteiger partial charge in [-0.1, -0.05) is 13.0 Å². The van der Waals surface area contributed by atoms with E-state index in [-0.39, 0.29) is 12.6 Å². The molecule has 0 aliphatic rings. The van der Waals surface area contributed by atoms with Crippen LogP contribution in [0.1, 0.15) is 32.8 Å². The van der Waals surface area contributed by atoms with E-state index in [1.54, 1.807) is 26.1 Å². The summed E-state index contributed by atoms with van der Waals surface area (Å²) in [6, 6.07) is 3.38. The van der Waals surface area contributed by atoms with Crippen molar-refractivity contribution in [2.24, 2.45) is 0 Å². The second-order valence-corrected chi connectivity index (χ2v) is 5.05. The van der Waals surface area contributed by atoms with Gasteiger partial charge < -0.3 is 5.32 Å². The molecule has 0 aromatic carbocycles. The van der Waals surface area contributed by atoms with E-state index in [2.05, 4.69) is 10.3 Å². The summed E-state index contributed by atoms with van der Waals surface area (Å²) < 4.78 is 37.8. The molecular formula is C14H22F3N3. The Morgan fingerprint density at radius 1 is 1.35 bits per heavy atom. The minimum Gasteiger partial charge on any atom is -0.370 e. The van der Waals surface area contributed by atoms with Crippen molar-refractivity contribution in [3.8, 4) is 0 Å². The quantitative estimate of drug-likeness (QED) is 0.830. The zero-order valence-corrected chi connectivity index (χ0v) is 12.2. The predicted octanol–water partition coefficient (Wildman–Crippen LogP) is 3.68. The van der Waals surface area contributed by atoms with Crippen molar-refractivity contribution >= 4 is 5.82 Å². The lowest BCUT2D eigenvalue weighted by Crippen LogP contribution is -2.38. The highest BCUT2D eigenvalue weighted by molar-refractivity contribution is 5.43. The van der Waals surface area contributed by atoms with Gasteiger partial charge in [0.05, 0.1) is 6.54 Å². The number of hydrogen-bond donors (Lipinski definition) is 1. The maximum Gasteiger partial charge on any atom is 0.401 e. The van der Waals surface area contributed by atoms with E-state index in [9.17, 15) is 13.2 Å². The summed E-state index contributed by atoms with van der Waals surface area (Å²) in [5.74, 6) is 0.669. The molecule has 20 heavy (non-hydrogen) atoms. The number of aromatic nitrogens is 1. The second-order valence-electron chi connectivity index (χ2n) is 5.05. The fourth-order valence-electron chi connectivity index (χ4n) is 1.84. The Hall–Kier alpha value is -1.30. The van der Waals surface area contributed by atoms with E-state index in [0.29, 0.717) is 5.82 Å². The van der Waals surface area contributed by atoms with E-state index in [4.69, 9.17) is 0 Å². The Morgan fingerprint density at radius 2 is 2.05 bits per heavy atom. The molecule has 0 fully saturated rings. The Bertz CT molecular complexity index is 405. The molecule has 6 heteroatoms. The lowest BCUT2D eigenvalue weighted by molar-refractivity contribution is -0.150. The van der Waals surface area contributed by atoms with Crippen LogP contribution in [0.2, 0.25) is 0 Å². The summed E-state index contributed by atoms with van der Waals surface area (Å²) in [5.41, 5.74) is 0.791. The first kappa shape index (κ1) is 16.8. The number of pyridine rings is 1. The van der Waals surface area contributed by atoms with Gasteiger partial charge in [0, 0.05) is 30.9 Å². The Balaban J connectivity index is 2.82. The first-order valence-corrected chi connectivity index (χ1v) is 6.82. The van der Waals surface area contributed by atoms with Crippen molar-refractivity contribution in [3.05, 3.63) is 23.9 Å². The molecule has 3 nitrogen and oxygen atoms in total. The number of anilines is 1. The molecule has 0 spiro atoms. The molecule has 0 atom stereocenters. The van der Waals surface area contributed by atoms with Gasteiger partial charge >= 0.3 is 6.18 Å². The van der Waals surface area contributed by atoms with E-state index < -0.39 is 12.7 Å². The number of rotatable bonds is 7. The van der Waals surface area contributed by atoms with Crippen LogP contribution in [0.3, 0.4) is 0 Å². The molecule has 0 aliphatic carbocycles. The van der Waals surface area contributed by atoms with Gasteiger partial charge in [-0.3, -0.25) is 4.90 Å². The molecule has 1 rings (SSSR count).